The molecular formula is C29H33N5O3. The molecule has 4 atom stereocenters. The van der Waals surface area contributed by atoms with E-state index >= 15 is 0 Å². The van der Waals surface area contributed by atoms with Gasteiger partial charge in [-0.3, -0.25) is 0 Å². The predicted octanol–water partition coefficient (Wildman–Crippen LogP) is 4.76. The van der Waals surface area contributed by atoms with Gasteiger partial charge in [0.1, 0.15) is 29.6 Å². The zero-order chi connectivity index (χ0) is 25.6. The summed E-state index contributed by atoms with van der Waals surface area (Å²) in [6.45, 7) is 5.14. The molecular weight excluding hydrogens is 466 g/mol. The van der Waals surface area contributed by atoms with Gasteiger partial charge in [0.05, 0.1) is 24.6 Å². The summed E-state index contributed by atoms with van der Waals surface area (Å²) in [4.78, 5) is 9.45. The Bertz CT molecular complexity index is 1390. The number of methoxy groups -OCH3 is 1. The normalized spacial score (nSPS) is 24.3. The molecule has 1 aliphatic heterocycles. The van der Waals surface area contributed by atoms with Crippen molar-refractivity contribution in [3.8, 4) is 16.9 Å². The van der Waals surface area contributed by atoms with Crippen molar-refractivity contribution in [2.24, 2.45) is 11.7 Å². The highest BCUT2D eigenvalue weighted by Gasteiger charge is 2.54. The fourth-order valence-corrected chi connectivity index (χ4v) is 5.80. The van der Waals surface area contributed by atoms with E-state index in [1.165, 1.54) is 0 Å². The molecule has 2 aliphatic rings. The van der Waals surface area contributed by atoms with Crippen LogP contribution in [0.15, 0.2) is 67.1 Å². The molecule has 192 valence electrons. The van der Waals surface area contributed by atoms with Crippen LogP contribution in [0.1, 0.15) is 31.9 Å². The third-order valence-corrected chi connectivity index (χ3v) is 7.52. The molecule has 6 rings (SSSR count). The maximum Gasteiger partial charge on any atom is 0.163 e. The summed E-state index contributed by atoms with van der Waals surface area (Å²) in [5.41, 5.74) is 10.4. The molecule has 3 heterocycles. The van der Waals surface area contributed by atoms with Gasteiger partial charge in [0.25, 0.3) is 0 Å². The van der Waals surface area contributed by atoms with E-state index in [-0.39, 0.29) is 24.2 Å². The molecule has 4 aromatic rings. The lowest BCUT2D eigenvalue weighted by Crippen LogP contribution is -2.29. The number of nitrogens with two attached hydrogens (primary N) is 1. The van der Waals surface area contributed by atoms with Crippen LogP contribution >= 0.6 is 0 Å². The summed E-state index contributed by atoms with van der Waals surface area (Å²) in [5.74, 6) is 1.23. The van der Waals surface area contributed by atoms with Gasteiger partial charge in [-0.25, -0.2) is 9.97 Å². The minimum Gasteiger partial charge on any atom is -0.497 e. The minimum absolute atomic E-state index is 0.0304. The number of nitrogens with zero attached hydrogens (tertiary/aromatic N) is 3. The fourth-order valence-electron chi connectivity index (χ4n) is 5.80. The van der Waals surface area contributed by atoms with E-state index in [0.717, 1.165) is 45.7 Å². The first kappa shape index (κ1) is 23.9. The maximum absolute atomic E-state index is 6.42. The van der Waals surface area contributed by atoms with Crippen LogP contribution in [0.3, 0.4) is 0 Å². The lowest BCUT2D eigenvalue weighted by Gasteiger charge is -2.24. The molecule has 0 unspecified atom stereocenters. The Balaban J connectivity index is 1.42. The topological polar surface area (TPSA) is 96.5 Å². The van der Waals surface area contributed by atoms with Gasteiger partial charge in [-0.1, -0.05) is 42.5 Å². The summed E-state index contributed by atoms with van der Waals surface area (Å²) in [5, 5.41) is 4.55. The van der Waals surface area contributed by atoms with Crippen LogP contribution in [0.25, 0.3) is 22.2 Å². The molecule has 0 spiro atoms. The molecule has 8 heteroatoms. The summed E-state index contributed by atoms with van der Waals surface area (Å²) in [6, 6.07) is 18.5. The van der Waals surface area contributed by atoms with Gasteiger partial charge >= 0.3 is 0 Å². The van der Waals surface area contributed by atoms with Crippen molar-refractivity contribution in [1.82, 2.24) is 14.5 Å². The van der Waals surface area contributed by atoms with Crippen LogP contribution in [0.4, 0.5) is 5.82 Å². The zero-order valence-corrected chi connectivity index (χ0v) is 21.4. The van der Waals surface area contributed by atoms with Crippen LogP contribution < -0.4 is 15.8 Å². The highest BCUT2D eigenvalue weighted by molar-refractivity contribution is 6.01. The number of ether oxygens (including phenoxy) is 3. The smallest absolute Gasteiger partial charge is 0.163 e. The van der Waals surface area contributed by atoms with E-state index in [9.17, 15) is 0 Å². The summed E-state index contributed by atoms with van der Waals surface area (Å²) >= 11 is 0. The van der Waals surface area contributed by atoms with Crippen LogP contribution in [-0.4, -0.2) is 46.2 Å². The number of aromatic nitrogens is 3. The number of anilines is 1. The Morgan fingerprint density at radius 3 is 2.54 bits per heavy atom. The van der Waals surface area contributed by atoms with Crippen LogP contribution in [0, 0.1) is 5.92 Å². The van der Waals surface area contributed by atoms with E-state index < -0.39 is 5.79 Å². The molecule has 3 N–H and O–H groups in total. The van der Waals surface area contributed by atoms with Crippen molar-refractivity contribution >= 4 is 16.9 Å². The molecule has 0 radical (unpaired) electrons. The minimum atomic E-state index is -0.632. The highest BCUT2D eigenvalue weighted by atomic mass is 16.8. The van der Waals surface area contributed by atoms with Crippen molar-refractivity contribution < 1.29 is 14.2 Å². The SMILES string of the molecule is COc1ccc(CNc2ncnc3c2c(-c2ccccc2)cn3[C@@H]2C[C@H](CN)[C@H]3OC(C)(C)O[C@H]32)cc1. The lowest BCUT2D eigenvalue weighted by molar-refractivity contribution is -0.159. The van der Waals surface area contributed by atoms with Gasteiger partial charge in [-0.2, -0.15) is 0 Å². The largest absolute Gasteiger partial charge is 0.497 e. The highest BCUT2D eigenvalue weighted by Crippen LogP contribution is 2.48. The zero-order valence-electron chi connectivity index (χ0n) is 21.4. The van der Waals surface area contributed by atoms with Gasteiger partial charge in [0.15, 0.2) is 5.79 Å². The van der Waals surface area contributed by atoms with Gasteiger partial charge in [-0.05, 0) is 50.1 Å². The van der Waals surface area contributed by atoms with Crippen LogP contribution in [-0.2, 0) is 16.0 Å². The monoisotopic (exact) mass is 499 g/mol. The van der Waals surface area contributed by atoms with E-state index in [2.05, 4.69) is 57.5 Å². The summed E-state index contributed by atoms with van der Waals surface area (Å²) in [6.07, 6.45) is 4.58. The fraction of sp³-hybridized carbons (Fsp3) is 0.379. The quantitative estimate of drug-likeness (QED) is 0.378. The number of benzene rings is 2. The van der Waals surface area contributed by atoms with Gasteiger partial charge in [0.2, 0.25) is 0 Å². The Labute approximate surface area is 216 Å². The van der Waals surface area contributed by atoms with Gasteiger partial charge in [0, 0.05) is 24.2 Å². The van der Waals surface area contributed by atoms with Crippen molar-refractivity contribution in [1.29, 1.82) is 0 Å². The Morgan fingerprint density at radius 2 is 1.81 bits per heavy atom. The third-order valence-electron chi connectivity index (χ3n) is 7.52. The molecule has 1 saturated heterocycles. The second-order valence-corrected chi connectivity index (χ2v) is 10.3. The molecule has 1 saturated carbocycles. The second-order valence-electron chi connectivity index (χ2n) is 10.3. The third kappa shape index (κ3) is 4.35. The molecule has 2 fully saturated rings. The summed E-state index contributed by atoms with van der Waals surface area (Å²) < 4.78 is 20.3. The first-order valence-electron chi connectivity index (χ1n) is 12.8. The number of fused-ring (bicyclic) bond motifs is 2. The molecule has 0 bridgehead atoms. The van der Waals surface area contributed by atoms with E-state index in [1.807, 2.05) is 32.0 Å². The Kier molecular flexibility index (Phi) is 6.10. The van der Waals surface area contributed by atoms with Crippen molar-refractivity contribution in [3.63, 3.8) is 0 Å². The maximum atomic E-state index is 6.42. The molecule has 37 heavy (non-hydrogen) atoms. The number of nitrogens with one attached hydrogen (secondary N) is 1. The Morgan fingerprint density at radius 1 is 1.05 bits per heavy atom. The van der Waals surface area contributed by atoms with Crippen LogP contribution in [0.5, 0.6) is 5.75 Å². The van der Waals surface area contributed by atoms with E-state index in [1.54, 1.807) is 13.4 Å². The van der Waals surface area contributed by atoms with Crippen molar-refractivity contribution in [2.45, 2.75) is 50.8 Å². The summed E-state index contributed by atoms with van der Waals surface area (Å²) in [7, 11) is 1.67. The number of hydrogen-bond acceptors (Lipinski definition) is 7. The Hall–Kier alpha value is -3.46. The van der Waals surface area contributed by atoms with E-state index in [4.69, 9.17) is 24.9 Å². The molecule has 0 amide bonds. The average molecular weight is 500 g/mol. The standard InChI is InChI=1S/C29H33N5O3/c1-29(2)36-25-20(14-30)13-23(26(25)37-29)34-16-22(19-7-5-4-6-8-19)24-27(32-17-33-28(24)34)31-15-18-9-11-21(35-3)12-10-18/h4-12,16-17,20,23,25-26H,13-15,30H2,1-3H3,(H,31,32,33)/t20-,23-,25-,26+/m1/s1. The van der Waals surface area contributed by atoms with E-state index in [0.29, 0.717) is 13.1 Å². The van der Waals surface area contributed by atoms with Crippen LogP contribution in [0.2, 0.25) is 0 Å². The number of rotatable bonds is 7. The molecule has 1 aliphatic carbocycles. The lowest BCUT2D eigenvalue weighted by atomic mass is 10.1. The van der Waals surface area contributed by atoms with Crippen molar-refractivity contribution in [3.05, 3.63) is 72.7 Å². The first-order chi connectivity index (χ1) is 18.0. The molecule has 8 nitrogen and oxygen atoms in total. The average Bonchev–Trinajstić information content (AvgIpc) is 3.56. The molecule has 2 aromatic heterocycles. The first-order valence-corrected chi connectivity index (χ1v) is 12.8. The van der Waals surface area contributed by atoms with Crippen molar-refractivity contribution in [2.75, 3.05) is 19.0 Å². The second kappa shape index (κ2) is 9.45. The number of hydrogen-bond donors (Lipinski definition) is 2. The molecule has 2 aromatic carbocycles. The van der Waals surface area contributed by atoms with Gasteiger partial charge < -0.3 is 29.8 Å². The predicted molar refractivity (Wildman–Crippen MR) is 143 cm³/mol. The van der Waals surface area contributed by atoms with Gasteiger partial charge in [-0.15, -0.1) is 0 Å².